The third-order valence-corrected chi connectivity index (χ3v) is 9.09. The Morgan fingerprint density at radius 1 is 0.672 bits per heavy atom. The van der Waals surface area contributed by atoms with Crippen molar-refractivity contribution >= 4 is 35.8 Å². The second-order valence-corrected chi connectivity index (χ2v) is 18.2. The van der Waals surface area contributed by atoms with Gasteiger partial charge >= 0.3 is 24.0 Å². The molecule has 5 unspecified atom stereocenters. The van der Waals surface area contributed by atoms with Crippen molar-refractivity contribution in [2.45, 2.75) is 177 Å². The molecule has 0 bridgehead atoms. The van der Waals surface area contributed by atoms with Gasteiger partial charge in [-0.25, -0.2) is 23.6 Å². The highest BCUT2D eigenvalue weighted by Crippen LogP contribution is 2.26. The number of alkyl halides is 1. The topological polar surface area (TPSA) is 160 Å². The van der Waals surface area contributed by atoms with Crippen LogP contribution < -0.4 is 0 Å². The molecule has 0 radical (unpaired) electrons. The van der Waals surface area contributed by atoms with E-state index in [0.29, 0.717) is 5.56 Å². The molecule has 0 aliphatic carbocycles. The summed E-state index contributed by atoms with van der Waals surface area (Å²) in [5.74, 6) is -5.01. The SMILES string of the molecule is CC.CC(C)CC(C(=O)OC(Cc1ccc(C(C)(C)C)cc1)C(=O)N(C)C(CC(C)(C)F)C(=O)OC(C)C(=O)N(C)C(CC(C)C)C(=O)O)N(C)C(=O)OC(C)(C)C. The van der Waals surface area contributed by atoms with Crippen LogP contribution in [0.4, 0.5) is 9.18 Å². The number of rotatable bonds is 18. The molecule has 5 atom stereocenters. The Bertz CT molecular complexity index is 1510. The lowest BCUT2D eigenvalue weighted by Gasteiger charge is -2.34. The highest BCUT2D eigenvalue weighted by Gasteiger charge is 2.41. The lowest BCUT2D eigenvalue weighted by atomic mass is 9.86. The molecule has 0 saturated heterocycles. The molecular formula is C44H74FN3O10. The van der Waals surface area contributed by atoms with Crippen molar-refractivity contribution < 1.29 is 52.5 Å². The number of carboxylic acids is 1. The van der Waals surface area contributed by atoms with E-state index in [4.69, 9.17) is 14.2 Å². The normalized spacial score (nSPS) is 14.5. The number of carboxylic acid groups (broad SMARTS) is 1. The number of hydrogen-bond donors (Lipinski definition) is 1. The van der Waals surface area contributed by atoms with Crippen LogP contribution in [0.5, 0.6) is 0 Å². The van der Waals surface area contributed by atoms with E-state index in [1.54, 1.807) is 32.9 Å². The van der Waals surface area contributed by atoms with Crippen LogP contribution in [-0.4, -0.2) is 118 Å². The Hall–Kier alpha value is -4.23. The van der Waals surface area contributed by atoms with Gasteiger partial charge < -0.3 is 29.1 Å². The van der Waals surface area contributed by atoms with Gasteiger partial charge in [-0.1, -0.05) is 86.6 Å². The maximum Gasteiger partial charge on any atom is 0.410 e. The van der Waals surface area contributed by atoms with E-state index in [-0.39, 0.29) is 36.5 Å². The van der Waals surface area contributed by atoms with Crippen LogP contribution in [0.15, 0.2) is 24.3 Å². The molecule has 3 amide bonds. The highest BCUT2D eigenvalue weighted by atomic mass is 19.1. The highest BCUT2D eigenvalue weighted by molar-refractivity contribution is 5.91. The van der Waals surface area contributed by atoms with Crippen molar-refractivity contribution in [1.82, 2.24) is 14.7 Å². The third kappa shape index (κ3) is 18.1. The first-order valence-electron chi connectivity index (χ1n) is 20.3. The van der Waals surface area contributed by atoms with Crippen LogP contribution in [0.2, 0.25) is 0 Å². The molecule has 0 spiro atoms. The van der Waals surface area contributed by atoms with Gasteiger partial charge in [-0.15, -0.1) is 0 Å². The predicted molar refractivity (Wildman–Crippen MR) is 223 cm³/mol. The largest absolute Gasteiger partial charge is 0.480 e. The zero-order chi connectivity index (χ0) is 45.7. The first-order chi connectivity index (χ1) is 26.4. The number of hydrogen-bond acceptors (Lipinski definition) is 9. The summed E-state index contributed by atoms with van der Waals surface area (Å²) in [4.78, 5) is 83.7. The van der Waals surface area contributed by atoms with Gasteiger partial charge in [0.1, 0.15) is 29.4 Å². The van der Waals surface area contributed by atoms with Crippen LogP contribution in [0, 0.1) is 11.8 Å². The molecular weight excluding hydrogens is 749 g/mol. The number of halogens is 1. The fourth-order valence-corrected chi connectivity index (χ4v) is 5.91. The van der Waals surface area contributed by atoms with Gasteiger partial charge in [0.25, 0.3) is 11.8 Å². The number of aliphatic carboxylic acids is 1. The van der Waals surface area contributed by atoms with Gasteiger partial charge in [-0.2, -0.15) is 0 Å². The van der Waals surface area contributed by atoms with Crippen LogP contribution in [0.1, 0.15) is 134 Å². The van der Waals surface area contributed by atoms with Gasteiger partial charge in [0.05, 0.1) is 0 Å². The molecule has 1 N–H and O–H groups in total. The number of likely N-dealkylation sites (N-methyl/N-ethyl adjacent to an activating group) is 3. The summed E-state index contributed by atoms with van der Waals surface area (Å²) in [6, 6.07) is 3.49. The maximum atomic E-state index is 15.3. The number of carbonyl (C=O) groups excluding carboxylic acids is 5. The summed E-state index contributed by atoms with van der Waals surface area (Å²) in [5, 5.41) is 9.75. The average molecular weight is 824 g/mol. The summed E-state index contributed by atoms with van der Waals surface area (Å²) < 4.78 is 32.3. The number of esters is 2. The average Bonchev–Trinajstić information content (AvgIpc) is 3.09. The number of ether oxygens (including phenoxy) is 3. The molecule has 0 aliphatic rings. The lowest BCUT2D eigenvalue weighted by molar-refractivity contribution is -0.172. The molecule has 1 aromatic carbocycles. The molecule has 0 aromatic heterocycles. The van der Waals surface area contributed by atoms with Gasteiger partial charge in [0.15, 0.2) is 12.2 Å². The Morgan fingerprint density at radius 2 is 1.12 bits per heavy atom. The fourth-order valence-electron chi connectivity index (χ4n) is 5.91. The Morgan fingerprint density at radius 3 is 1.53 bits per heavy atom. The van der Waals surface area contributed by atoms with Gasteiger partial charge in [-0.3, -0.25) is 14.5 Å². The summed E-state index contributed by atoms with van der Waals surface area (Å²) >= 11 is 0. The van der Waals surface area contributed by atoms with Gasteiger partial charge in [0.2, 0.25) is 0 Å². The Labute approximate surface area is 347 Å². The number of nitrogens with zero attached hydrogens (tertiary/aromatic N) is 3. The molecule has 0 saturated carbocycles. The van der Waals surface area contributed by atoms with E-state index < -0.39 is 83.8 Å². The first-order valence-corrected chi connectivity index (χ1v) is 20.3. The van der Waals surface area contributed by atoms with E-state index in [0.717, 1.165) is 20.3 Å². The minimum absolute atomic E-state index is 0.0585. The Kier molecular flexibility index (Phi) is 21.1. The van der Waals surface area contributed by atoms with Crippen molar-refractivity contribution in [3.05, 3.63) is 35.4 Å². The third-order valence-electron chi connectivity index (χ3n) is 9.09. The van der Waals surface area contributed by atoms with E-state index in [9.17, 15) is 33.9 Å². The maximum absolute atomic E-state index is 15.3. The van der Waals surface area contributed by atoms with Crippen LogP contribution >= 0.6 is 0 Å². The standard InChI is InChI=1S/C42H68FN3O10.C2H6/c1-25(2)21-30(36(49)50)44(14)34(47)27(5)54-38(52)32(24-42(12,13)43)45(15)35(48)33(23-28-17-19-29(20-18-28)40(6,7)8)55-37(51)31(22-26(3)4)46(16)39(53)56-41(9,10)11;1-2/h17-20,25-27,30-33H,21-24H2,1-16H3,(H,49,50);1-2H3. The molecule has 0 aliphatic heterocycles. The van der Waals surface area contributed by atoms with Gasteiger partial charge in [-0.05, 0) is 82.8 Å². The van der Waals surface area contributed by atoms with Crippen molar-refractivity contribution in [1.29, 1.82) is 0 Å². The van der Waals surface area contributed by atoms with Crippen molar-refractivity contribution in [3.8, 4) is 0 Å². The molecule has 1 rings (SSSR count). The monoisotopic (exact) mass is 824 g/mol. The van der Waals surface area contributed by atoms with Crippen LogP contribution in [-0.2, 0) is 50.0 Å². The molecule has 58 heavy (non-hydrogen) atoms. The quantitative estimate of drug-likeness (QED) is 0.115. The molecule has 0 fully saturated rings. The Balaban J connectivity index is 0.0000160. The number of amides is 3. The zero-order valence-electron chi connectivity index (χ0n) is 38.5. The van der Waals surface area contributed by atoms with Crippen molar-refractivity contribution in [2.75, 3.05) is 21.1 Å². The summed E-state index contributed by atoms with van der Waals surface area (Å²) in [6.45, 7) is 26.3. The zero-order valence-corrected chi connectivity index (χ0v) is 38.5. The smallest absolute Gasteiger partial charge is 0.410 e. The molecule has 13 nitrogen and oxygen atoms in total. The van der Waals surface area contributed by atoms with Crippen LogP contribution in [0.3, 0.4) is 0 Å². The summed E-state index contributed by atoms with van der Waals surface area (Å²) in [6.07, 6.45) is -4.13. The number of benzene rings is 1. The minimum Gasteiger partial charge on any atom is -0.480 e. The van der Waals surface area contributed by atoms with E-state index in [1.165, 1.54) is 41.9 Å². The van der Waals surface area contributed by atoms with E-state index >= 15 is 4.39 Å². The van der Waals surface area contributed by atoms with Crippen LogP contribution in [0.25, 0.3) is 0 Å². The second kappa shape index (κ2) is 22.8. The van der Waals surface area contributed by atoms with Gasteiger partial charge in [0, 0.05) is 34.0 Å². The van der Waals surface area contributed by atoms with Crippen molar-refractivity contribution in [2.24, 2.45) is 11.8 Å². The second-order valence-electron chi connectivity index (χ2n) is 18.2. The molecule has 14 heteroatoms. The van der Waals surface area contributed by atoms with E-state index in [1.807, 2.05) is 53.7 Å². The molecule has 332 valence electrons. The first kappa shape index (κ1) is 53.8. The summed E-state index contributed by atoms with van der Waals surface area (Å²) in [5.41, 5.74) is -1.38. The van der Waals surface area contributed by atoms with Crippen molar-refractivity contribution in [3.63, 3.8) is 0 Å². The minimum atomic E-state index is -2.01. The predicted octanol–water partition coefficient (Wildman–Crippen LogP) is 7.60. The van der Waals surface area contributed by atoms with E-state index in [2.05, 4.69) is 20.8 Å². The number of carbonyl (C=O) groups is 6. The lowest BCUT2D eigenvalue weighted by Crippen LogP contribution is -2.53. The molecule has 1 aromatic rings. The fraction of sp³-hybridized carbons (Fsp3) is 0.727. The summed E-state index contributed by atoms with van der Waals surface area (Å²) in [7, 11) is 3.96. The molecule has 0 heterocycles.